The van der Waals surface area contributed by atoms with Crippen molar-refractivity contribution in [2.24, 2.45) is 0 Å². The van der Waals surface area contributed by atoms with Gasteiger partial charge in [-0.1, -0.05) is 154 Å². The van der Waals surface area contributed by atoms with Gasteiger partial charge in [-0.05, 0) is 64.2 Å². The Morgan fingerprint density at radius 1 is 0.175 bits per heavy atom. The van der Waals surface area contributed by atoms with Crippen LogP contribution in [0.5, 0.6) is 0 Å². The maximum Gasteiger partial charge on any atom is 0.100 e. The second-order valence-corrected chi connectivity index (χ2v) is 21.7. The van der Waals surface area contributed by atoms with Gasteiger partial charge in [-0.15, -0.1) is 0 Å². The lowest BCUT2D eigenvalue weighted by Crippen LogP contribution is -2.15. The summed E-state index contributed by atoms with van der Waals surface area (Å²) in [5, 5.41) is 240. The fourth-order valence-electron chi connectivity index (χ4n) is 5.58. The lowest BCUT2D eigenvalue weighted by atomic mass is 10.1. The van der Waals surface area contributed by atoms with Crippen molar-refractivity contribution in [2.45, 2.75) is 255 Å². The van der Waals surface area contributed by atoms with Crippen LogP contribution in [0.15, 0.2) is 24.3 Å². The Bertz CT molecular complexity index is 1020. The van der Waals surface area contributed by atoms with Gasteiger partial charge in [0.2, 0.25) is 0 Å². The van der Waals surface area contributed by atoms with Crippen molar-refractivity contribution in [2.75, 3.05) is 145 Å². The zero-order valence-corrected chi connectivity index (χ0v) is 59.3. The van der Waals surface area contributed by atoms with E-state index >= 15 is 0 Å². The highest BCUT2D eigenvalue weighted by Gasteiger charge is 2.01. The van der Waals surface area contributed by atoms with Crippen molar-refractivity contribution in [3.63, 3.8) is 0 Å². The van der Waals surface area contributed by atoms with E-state index in [2.05, 4.69) is 38.2 Å². The first kappa shape index (κ1) is 119. The van der Waals surface area contributed by atoms with Gasteiger partial charge in [0.1, 0.15) is 61.0 Å². The number of aliphatic hydroxyl groups excluding tert-OH is 30. The summed E-state index contributed by atoms with van der Waals surface area (Å²) in [4.78, 5) is 0. The van der Waals surface area contributed by atoms with E-state index in [4.69, 9.17) is 158 Å². The lowest BCUT2D eigenvalue weighted by molar-refractivity contribution is 0.0450. The van der Waals surface area contributed by atoms with Crippen LogP contribution in [0.1, 0.15) is 194 Å². The van der Waals surface area contributed by atoms with Crippen molar-refractivity contribution in [3.8, 4) is 0 Å². The molecule has 600 valence electrons. The minimum absolute atomic E-state index is 0.365. The molecule has 0 aliphatic rings. The van der Waals surface area contributed by atoms with Gasteiger partial charge in [-0.25, -0.2) is 0 Å². The zero-order valence-electron chi connectivity index (χ0n) is 59.3. The summed E-state index contributed by atoms with van der Waals surface area (Å²) >= 11 is 0. The Hall–Kier alpha value is -1.76. The Labute approximate surface area is 580 Å². The Morgan fingerprint density at radius 3 is 0.402 bits per heavy atom. The van der Waals surface area contributed by atoms with Crippen LogP contribution < -0.4 is 0 Å². The van der Waals surface area contributed by atoms with E-state index in [1.165, 1.54) is 180 Å². The normalized spacial score (nSPS) is 10.7. The highest BCUT2D eigenvalue weighted by Crippen LogP contribution is 2.12. The molecule has 0 fully saturated rings. The minimum atomic E-state index is -0.954. The first-order valence-corrected chi connectivity index (χ1v) is 34.4. The maximum absolute atomic E-state index is 8.17. The first-order valence-electron chi connectivity index (χ1n) is 34.4. The second-order valence-electron chi connectivity index (χ2n) is 21.7. The predicted octanol–water partition coefficient (Wildman–Crippen LogP) is -3.60. The fraction of sp³-hybridized carbons (Fsp3) is 0.939. The van der Waals surface area contributed by atoms with Gasteiger partial charge in [0.15, 0.2) is 0 Å². The van der Waals surface area contributed by atoms with Crippen LogP contribution in [0.2, 0.25) is 0 Å². The van der Waals surface area contributed by atoms with E-state index in [9.17, 15) is 0 Å². The number of ether oxygens (including phenoxy) is 1. The number of allylic oxidation sites excluding steroid dienone is 4. The molecule has 97 heavy (non-hydrogen) atoms. The third-order valence-corrected chi connectivity index (χ3v) is 11.8. The van der Waals surface area contributed by atoms with Crippen LogP contribution in [0, 0.1) is 0 Å². The number of unbranched alkanes of at least 4 members (excludes halogenated alkanes) is 24. The van der Waals surface area contributed by atoms with Crippen molar-refractivity contribution >= 4 is 0 Å². The monoisotopic (exact) mass is 1440 g/mol. The molecule has 0 bridgehead atoms. The van der Waals surface area contributed by atoms with Gasteiger partial charge in [0.25, 0.3) is 0 Å². The fourth-order valence-corrected chi connectivity index (χ4v) is 5.58. The van der Waals surface area contributed by atoms with Crippen LogP contribution in [0.3, 0.4) is 0 Å². The summed E-state index contributed by atoms with van der Waals surface area (Å²) in [6.45, 7) is -0.753. The number of rotatable bonds is 52. The molecule has 0 aliphatic heterocycles. The van der Waals surface area contributed by atoms with Crippen LogP contribution in [-0.4, -0.2) is 360 Å². The first-order chi connectivity index (χ1) is 46.5. The lowest BCUT2D eigenvalue weighted by Gasteiger charge is -2.05. The van der Waals surface area contributed by atoms with Crippen LogP contribution >= 0.6 is 0 Å². The molecule has 0 aromatic rings. The van der Waals surface area contributed by atoms with Crippen LogP contribution in [-0.2, 0) is 4.74 Å². The molecule has 31 nitrogen and oxygen atoms in total. The largest absolute Gasteiger partial charge is 0.394 e. The molecule has 0 spiro atoms. The van der Waals surface area contributed by atoms with Gasteiger partial charge < -0.3 is 158 Å². The molecule has 0 aromatic heterocycles. The number of hydrogen-bond donors (Lipinski definition) is 30. The highest BCUT2D eigenvalue weighted by molar-refractivity contribution is 4.82. The summed E-state index contributed by atoms with van der Waals surface area (Å²) in [5.41, 5.74) is 0. The maximum atomic E-state index is 8.17. The smallest absolute Gasteiger partial charge is 0.100 e. The molecule has 31 heteroatoms. The van der Waals surface area contributed by atoms with Gasteiger partial charge in [-0.3, -0.25) is 0 Å². The quantitative estimate of drug-likeness (QED) is 0.0207. The summed E-state index contributed by atoms with van der Waals surface area (Å²) in [7, 11) is 0. The SMILES string of the molecule is CCCCCCCCC=CCCCCCCCCOCCCCCCCCC=CCCCCCCCC.OCC(O)CO.OCC(O)CO.OCC(O)CO.OCC(O)CO.OCC(O)CO.OCC(O)CO.OCC(O)CO.OCC(O)CO.OCC(O)CO.OCC(O)CO. The van der Waals surface area contributed by atoms with E-state index in [0.717, 1.165) is 13.2 Å². The third-order valence-electron chi connectivity index (χ3n) is 11.8. The Balaban J connectivity index is -0.000000110. The van der Waals surface area contributed by atoms with Gasteiger partial charge in [-0.2, -0.15) is 0 Å². The molecule has 30 N–H and O–H groups in total. The summed E-state index contributed by atoms with van der Waals surface area (Å²) in [6.07, 6.45) is 38.6. The van der Waals surface area contributed by atoms with Gasteiger partial charge >= 0.3 is 0 Å². The summed E-state index contributed by atoms with van der Waals surface area (Å²) in [5.74, 6) is 0. The molecule has 0 aliphatic carbocycles. The predicted molar refractivity (Wildman–Crippen MR) is 372 cm³/mol. The van der Waals surface area contributed by atoms with Crippen molar-refractivity contribution < 1.29 is 158 Å². The third kappa shape index (κ3) is 154. The van der Waals surface area contributed by atoms with E-state index in [0.29, 0.717) is 0 Å². The Kier molecular flexibility index (Phi) is 145. The topological polar surface area (TPSA) is 616 Å². The summed E-state index contributed by atoms with van der Waals surface area (Å²) < 4.78 is 5.85. The molecule has 0 amide bonds. The molecule has 0 radical (unpaired) electrons. The highest BCUT2D eigenvalue weighted by atomic mass is 16.5. The van der Waals surface area contributed by atoms with Crippen LogP contribution in [0.25, 0.3) is 0 Å². The molecule has 0 aromatic carbocycles. The average molecular weight is 1440 g/mol. The van der Waals surface area contributed by atoms with Crippen molar-refractivity contribution in [1.29, 1.82) is 0 Å². The molecule has 0 atom stereocenters. The number of hydrogen-bond acceptors (Lipinski definition) is 31. The molecule has 0 rings (SSSR count). The van der Waals surface area contributed by atoms with E-state index in [1.807, 2.05) is 0 Å². The molecule has 0 unspecified atom stereocenters. The van der Waals surface area contributed by atoms with Crippen molar-refractivity contribution in [3.05, 3.63) is 24.3 Å². The van der Waals surface area contributed by atoms with E-state index in [-0.39, 0.29) is 132 Å². The molecule has 0 saturated heterocycles. The molecular weight excluding hydrogens is 1290 g/mol. The second kappa shape index (κ2) is 118. The van der Waals surface area contributed by atoms with Gasteiger partial charge in [0.05, 0.1) is 132 Å². The molecular formula is C66H150O31. The van der Waals surface area contributed by atoms with E-state index < -0.39 is 61.0 Å². The molecule has 0 heterocycles. The zero-order chi connectivity index (χ0) is 76.7. The average Bonchev–Trinajstić information content (AvgIpc) is 3.65. The summed E-state index contributed by atoms with van der Waals surface area (Å²) in [6, 6.07) is 0. The van der Waals surface area contributed by atoms with E-state index in [1.54, 1.807) is 0 Å². The minimum Gasteiger partial charge on any atom is -0.394 e. The standard InChI is InChI=1S/C36H70O.10C3H8O3/c1-3-5-7-9-11-13-15-17-19-21-23-25-27-29-31-33-35-37-36-34-32-30-28-26-24-22-20-18-16-14-12-10-8-6-4-2;10*4-1-3(6)2-5/h17-20H,3-16,21-36H2,1-2H3;10*3-6H,1-2H2. The Morgan fingerprint density at radius 2 is 0.289 bits per heavy atom. The number of aliphatic hydroxyl groups is 30. The molecule has 0 saturated carbocycles. The van der Waals surface area contributed by atoms with Gasteiger partial charge in [0, 0.05) is 13.2 Å². The van der Waals surface area contributed by atoms with Crippen molar-refractivity contribution in [1.82, 2.24) is 0 Å². The van der Waals surface area contributed by atoms with Crippen LogP contribution in [0.4, 0.5) is 0 Å².